The third-order valence-corrected chi connectivity index (χ3v) is 2.29. The van der Waals surface area contributed by atoms with Crippen molar-refractivity contribution < 1.29 is 18.3 Å². The molecule has 1 aromatic heterocycles. The van der Waals surface area contributed by atoms with Crippen LogP contribution < -0.4 is 0 Å². The van der Waals surface area contributed by atoms with E-state index < -0.39 is 25.0 Å². The van der Waals surface area contributed by atoms with Gasteiger partial charge < -0.3 is 4.74 Å². The van der Waals surface area contributed by atoms with Crippen molar-refractivity contribution in [2.24, 2.45) is 0 Å². The number of rotatable bonds is 5. The number of carbonyl (C=O) groups excluding carboxylic acids is 1. The SMILES string of the molecule is COC(=O)[C@@H](c1cccnc1)N(C)CC(F)F. The maximum absolute atomic E-state index is 12.3. The molecule has 0 saturated heterocycles. The van der Waals surface area contributed by atoms with Crippen LogP contribution in [0, 0.1) is 0 Å². The predicted molar refractivity (Wildman–Crippen MR) is 57.6 cm³/mol. The summed E-state index contributed by atoms with van der Waals surface area (Å²) in [5.41, 5.74) is 0.530. The standard InChI is InChI=1S/C11H14F2N2O2/c1-15(7-9(12)13)10(11(16)17-2)8-4-3-5-14-6-8/h3-6,9-10H,7H2,1-2H3/t10-/m1/s1. The van der Waals surface area contributed by atoms with Crippen LogP contribution in [0.15, 0.2) is 24.5 Å². The van der Waals surface area contributed by atoms with Gasteiger partial charge in [0.15, 0.2) is 0 Å². The van der Waals surface area contributed by atoms with E-state index in [9.17, 15) is 13.6 Å². The van der Waals surface area contributed by atoms with Gasteiger partial charge in [0.2, 0.25) is 0 Å². The number of alkyl halides is 2. The Bertz CT molecular complexity index is 360. The van der Waals surface area contributed by atoms with Crippen LogP contribution in [0.4, 0.5) is 8.78 Å². The summed E-state index contributed by atoms with van der Waals surface area (Å²) in [7, 11) is 2.67. The van der Waals surface area contributed by atoms with Gasteiger partial charge in [-0.25, -0.2) is 13.6 Å². The molecule has 0 aliphatic heterocycles. The lowest BCUT2D eigenvalue weighted by molar-refractivity contribution is -0.147. The number of methoxy groups -OCH3 is 1. The van der Waals surface area contributed by atoms with Crippen LogP contribution in [0.2, 0.25) is 0 Å². The fourth-order valence-electron chi connectivity index (χ4n) is 1.54. The number of carbonyl (C=O) groups is 1. The van der Waals surface area contributed by atoms with Gasteiger partial charge in [0.25, 0.3) is 6.43 Å². The average molecular weight is 244 g/mol. The number of aromatic nitrogens is 1. The molecule has 17 heavy (non-hydrogen) atoms. The zero-order valence-corrected chi connectivity index (χ0v) is 9.64. The Morgan fingerprint density at radius 1 is 1.59 bits per heavy atom. The average Bonchev–Trinajstić information content (AvgIpc) is 2.29. The van der Waals surface area contributed by atoms with Crippen LogP contribution in [0.5, 0.6) is 0 Å². The van der Waals surface area contributed by atoms with Gasteiger partial charge in [-0.3, -0.25) is 9.88 Å². The quantitative estimate of drug-likeness (QED) is 0.736. The molecule has 0 aromatic carbocycles. The lowest BCUT2D eigenvalue weighted by Crippen LogP contribution is -2.35. The van der Waals surface area contributed by atoms with E-state index >= 15 is 0 Å². The summed E-state index contributed by atoms with van der Waals surface area (Å²) in [5, 5.41) is 0. The van der Waals surface area contributed by atoms with Gasteiger partial charge >= 0.3 is 5.97 Å². The number of hydrogen-bond donors (Lipinski definition) is 0. The summed E-state index contributed by atoms with van der Waals surface area (Å²) in [6.45, 7) is -0.505. The third kappa shape index (κ3) is 3.74. The first-order valence-corrected chi connectivity index (χ1v) is 5.02. The minimum atomic E-state index is -2.51. The minimum Gasteiger partial charge on any atom is -0.468 e. The second kappa shape index (κ2) is 6.24. The molecule has 1 rings (SSSR count). The van der Waals surface area contributed by atoms with Crippen molar-refractivity contribution in [2.75, 3.05) is 20.7 Å². The molecule has 1 aromatic rings. The van der Waals surface area contributed by atoms with Gasteiger partial charge in [-0.15, -0.1) is 0 Å². The first-order valence-electron chi connectivity index (χ1n) is 5.02. The summed E-state index contributed by atoms with van der Waals surface area (Å²) >= 11 is 0. The molecule has 94 valence electrons. The van der Waals surface area contributed by atoms with E-state index in [0.29, 0.717) is 5.56 Å². The Hall–Kier alpha value is -1.56. The molecule has 4 nitrogen and oxygen atoms in total. The summed E-state index contributed by atoms with van der Waals surface area (Å²) in [6, 6.07) is 2.43. The number of pyridine rings is 1. The van der Waals surface area contributed by atoms with E-state index in [0.717, 1.165) is 0 Å². The van der Waals surface area contributed by atoms with Gasteiger partial charge in [0, 0.05) is 12.4 Å². The van der Waals surface area contributed by atoms with Crippen molar-refractivity contribution in [3.63, 3.8) is 0 Å². The first kappa shape index (κ1) is 13.5. The Labute approximate surface area is 98.2 Å². The van der Waals surface area contributed by atoms with Gasteiger partial charge in [0.1, 0.15) is 6.04 Å². The maximum Gasteiger partial charge on any atom is 0.327 e. The van der Waals surface area contributed by atoms with E-state index in [2.05, 4.69) is 9.72 Å². The molecule has 0 amide bonds. The van der Waals surface area contributed by atoms with Gasteiger partial charge in [-0.2, -0.15) is 0 Å². The molecule has 0 fully saturated rings. The molecule has 6 heteroatoms. The monoisotopic (exact) mass is 244 g/mol. The molecule has 0 unspecified atom stereocenters. The molecule has 1 heterocycles. The highest BCUT2D eigenvalue weighted by atomic mass is 19.3. The maximum atomic E-state index is 12.3. The van der Waals surface area contributed by atoms with Crippen LogP contribution >= 0.6 is 0 Å². The Morgan fingerprint density at radius 2 is 2.29 bits per heavy atom. The number of likely N-dealkylation sites (N-methyl/N-ethyl adjacent to an activating group) is 1. The van der Waals surface area contributed by atoms with Gasteiger partial charge in [-0.05, 0) is 18.7 Å². The molecule has 0 aliphatic rings. The molecule has 0 saturated carbocycles. The van der Waals surface area contributed by atoms with Crippen LogP contribution in [0.3, 0.4) is 0 Å². The van der Waals surface area contributed by atoms with Gasteiger partial charge in [-0.1, -0.05) is 6.07 Å². The smallest absolute Gasteiger partial charge is 0.327 e. The zero-order valence-electron chi connectivity index (χ0n) is 9.64. The first-order chi connectivity index (χ1) is 8.06. The van der Waals surface area contributed by atoms with Crippen molar-refractivity contribution in [3.8, 4) is 0 Å². The number of ether oxygens (including phenoxy) is 1. The van der Waals surface area contributed by atoms with E-state index in [-0.39, 0.29) is 0 Å². The summed E-state index contributed by atoms with van der Waals surface area (Å²) in [5.74, 6) is -0.582. The lowest BCUT2D eigenvalue weighted by Gasteiger charge is -2.25. The molecule has 0 radical (unpaired) electrons. The summed E-state index contributed by atoms with van der Waals surface area (Å²) < 4.78 is 29.3. The fraction of sp³-hybridized carbons (Fsp3) is 0.455. The molecule has 0 N–H and O–H groups in total. The van der Waals surface area contributed by atoms with Crippen LogP contribution in [-0.4, -0.2) is 43.0 Å². The number of halogens is 2. The van der Waals surface area contributed by atoms with Gasteiger partial charge in [0.05, 0.1) is 13.7 Å². The van der Waals surface area contributed by atoms with E-state index in [1.54, 1.807) is 18.3 Å². The molecule has 0 aliphatic carbocycles. The zero-order chi connectivity index (χ0) is 12.8. The number of hydrogen-bond acceptors (Lipinski definition) is 4. The van der Waals surface area contributed by atoms with Crippen LogP contribution in [-0.2, 0) is 9.53 Å². The van der Waals surface area contributed by atoms with Crippen molar-refractivity contribution >= 4 is 5.97 Å². The molecular weight excluding hydrogens is 230 g/mol. The molecule has 0 spiro atoms. The highest BCUT2D eigenvalue weighted by Crippen LogP contribution is 2.20. The van der Waals surface area contributed by atoms with E-state index in [4.69, 9.17) is 0 Å². The van der Waals surface area contributed by atoms with E-state index in [1.165, 1.54) is 25.3 Å². The molecule has 0 bridgehead atoms. The Balaban J connectivity index is 2.92. The lowest BCUT2D eigenvalue weighted by atomic mass is 10.1. The van der Waals surface area contributed by atoms with Crippen LogP contribution in [0.25, 0.3) is 0 Å². The topological polar surface area (TPSA) is 42.4 Å². The summed E-state index contributed by atoms with van der Waals surface area (Å²) in [4.78, 5) is 16.7. The fourth-order valence-corrected chi connectivity index (χ4v) is 1.54. The number of nitrogens with zero attached hydrogens (tertiary/aromatic N) is 2. The number of esters is 1. The summed E-state index contributed by atoms with van der Waals surface area (Å²) in [6.07, 6.45) is 0.498. The molecule has 1 atom stereocenters. The van der Waals surface area contributed by atoms with Crippen molar-refractivity contribution in [3.05, 3.63) is 30.1 Å². The van der Waals surface area contributed by atoms with Crippen molar-refractivity contribution in [1.29, 1.82) is 0 Å². The predicted octanol–water partition coefficient (Wildman–Crippen LogP) is 1.49. The minimum absolute atomic E-state index is 0.505. The second-order valence-corrected chi connectivity index (χ2v) is 3.54. The highest BCUT2D eigenvalue weighted by Gasteiger charge is 2.27. The van der Waals surface area contributed by atoms with Crippen LogP contribution in [0.1, 0.15) is 11.6 Å². The normalized spacial score (nSPS) is 12.8. The Morgan fingerprint density at radius 3 is 2.76 bits per heavy atom. The second-order valence-electron chi connectivity index (χ2n) is 3.54. The third-order valence-electron chi connectivity index (χ3n) is 2.29. The largest absolute Gasteiger partial charge is 0.468 e. The van der Waals surface area contributed by atoms with Crippen molar-refractivity contribution in [2.45, 2.75) is 12.5 Å². The Kier molecular flexibility index (Phi) is 4.96. The van der Waals surface area contributed by atoms with Crippen molar-refractivity contribution in [1.82, 2.24) is 9.88 Å². The highest BCUT2D eigenvalue weighted by molar-refractivity contribution is 5.77. The van der Waals surface area contributed by atoms with E-state index in [1.807, 2.05) is 0 Å². The molecular formula is C11H14F2N2O2.